The maximum atomic E-state index is 12.4. The van der Waals surface area contributed by atoms with Crippen LogP contribution in [0.2, 0.25) is 0 Å². The summed E-state index contributed by atoms with van der Waals surface area (Å²) >= 11 is 0. The van der Waals surface area contributed by atoms with Crippen molar-refractivity contribution < 1.29 is 9.53 Å². The summed E-state index contributed by atoms with van der Waals surface area (Å²) in [4.78, 5) is 12.4. The van der Waals surface area contributed by atoms with Crippen molar-refractivity contribution in [2.45, 2.75) is 20.4 Å². The number of ether oxygens (including phenoxy) is 1. The molecule has 1 aromatic heterocycles. The zero-order chi connectivity index (χ0) is 17.6. The van der Waals surface area contributed by atoms with Crippen LogP contribution in [0.3, 0.4) is 0 Å². The van der Waals surface area contributed by atoms with E-state index in [9.17, 15) is 4.79 Å². The molecule has 3 rings (SSSR count). The molecule has 128 valence electrons. The molecule has 1 heterocycles. The molecule has 0 atom stereocenters. The van der Waals surface area contributed by atoms with Crippen molar-refractivity contribution in [1.29, 1.82) is 0 Å². The van der Waals surface area contributed by atoms with Gasteiger partial charge in [0.1, 0.15) is 11.6 Å². The number of hydrogen-bond donors (Lipinski definition) is 1. The molecule has 0 saturated carbocycles. The largest absolute Gasteiger partial charge is 0.494 e. The van der Waals surface area contributed by atoms with Crippen LogP contribution in [-0.2, 0) is 6.54 Å². The highest BCUT2D eigenvalue weighted by Gasteiger charge is 2.10. The highest BCUT2D eigenvalue weighted by molar-refractivity contribution is 6.03. The molecule has 1 N–H and O–H groups in total. The van der Waals surface area contributed by atoms with Gasteiger partial charge in [0.25, 0.3) is 5.91 Å². The minimum atomic E-state index is -0.172. The highest BCUT2D eigenvalue weighted by Crippen LogP contribution is 2.15. The third-order valence-corrected chi connectivity index (χ3v) is 3.84. The summed E-state index contributed by atoms with van der Waals surface area (Å²) in [6.45, 7) is 5.19. The van der Waals surface area contributed by atoms with Crippen molar-refractivity contribution in [1.82, 2.24) is 9.78 Å². The van der Waals surface area contributed by atoms with E-state index in [1.54, 1.807) is 41.2 Å². The lowest BCUT2D eigenvalue weighted by atomic mass is 10.1. The second-order valence-corrected chi connectivity index (χ2v) is 5.77. The summed E-state index contributed by atoms with van der Waals surface area (Å²) in [6.07, 6.45) is 1.68. The predicted octanol–water partition coefficient (Wildman–Crippen LogP) is 3.89. The molecule has 0 spiro atoms. The van der Waals surface area contributed by atoms with E-state index in [1.165, 1.54) is 5.56 Å². The number of carbonyl (C=O) groups is 1. The fourth-order valence-corrected chi connectivity index (χ4v) is 2.49. The number of amides is 1. The van der Waals surface area contributed by atoms with Gasteiger partial charge in [-0.2, -0.15) is 5.10 Å². The van der Waals surface area contributed by atoms with Gasteiger partial charge in [0.05, 0.1) is 19.3 Å². The van der Waals surface area contributed by atoms with Crippen molar-refractivity contribution in [3.63, 3.8) is 0 Å². The molecule has 5 heteroatoms. The first kappa shape index (κ1) is 16.8. The Labute approximate surface area is 147 Å². The monoisotopic (exact) mass is 335 g/mol. The number of anilines is 1. The second kappa shape index (κ2) is 7.66. The lowest BCUT2D eigenvalue weighted by molar-refractivity contribution is 0.102. The molecule has 0 saturated heterocycles. The maximum absolute atomic E-state index is 12.4. The van der Waals surface area contributed by atoms with E-state index in [0.717, 1.165) is 11.3 Å². The number of rotatable bonds is 6. The average molecular weight is 335 g/mol. The smallest absolute Gasteiger partial charge is 0.256 e. The van der Waals surface area contributed by atoms with Gasteiger partial charge in [-0.3, -0.25) is 4.79 Å². The zero-order valence-corrected chi connectivity index (χ0v) is 14.4. The van der Waals surface area contributed by atoms with Gasteiger partial charge in [-0.1, -0.05) is 29.8 Å². The normalized spacial score (nSPS) is 10.5. The van der Waals surface area contributed by atoms with Crippen LogP contribution in [0.4, 0.5) is 5.82 Å². The van der Waals surface area contributed by atoms with E-state index < -0.39 is 0 Å². The number of hydrogen-bond acceptors (Lipinski definition) is 3. The molecular formula is C20H21N3O2. The zero-order valence-electron chi connectivity index (χ0n) is 14.4. The average Bonchev–Trinajstić information content (AvgIpc) is 3.04. The Morgan fingerprint density at radius 1 is 1.08 bits per heavy atom. The Morgan fingerprint density at radius 3 is 2.48 bits per heavy atom. The summed E-state index contributed by atoms with van der Waals surface area (Å²) < 4.78 is 7.17. The predicted molar refractivity (Wildman–Crippen MR) is 98.1 cm³/mol. The minimum Gasteiger partial charge on any atom is -0.494 e. The van der Waals surface area contributed by atoms with Gasteiger partial charge < -0.3 is 10.1 Å². The van der Waals surface area contributed by atoms with Crippen molar-refractivity contribution in [2.75, 3.05) is 11.9 Å². The number of benzene rings is 2. The quantitative estimate of drug-likeness (QED) is 0.743. The van der Waals surface area contributed by atoms with Gasteiger partial charge in [0.2, 0.25) is 0 Å². The maximum Gasteiger partial charge on any atom is 0.256 e. The molecule has 0 bridgehead atoms. The topological polar surface area (TPSA) is 56.1 Å². The molecule has 3 aromatic rings. The van der Waals surface area contributed by atoms with E-state index in [0.29, 0.717) is 24.5 Å². The first-order valence-corrected chi connectivity index (χ1v) is 8.27. The van der Waals surface area contributed by atoms with Crippen molar-refractivity contribution in [3.05, 3.63) is 77.5 Å². The molecule has 5 nitrogen and oxygen atoms in total. The molecule has 0 aliphatic carbocycles. The standard InChI is InChI=1S/C20H21N3O2/c1-3-25-18-10-8-17(9-11-18)20(24)22-19-12-13-21-23(19)14-16-6-4-15(2)5-7-16/h4-13H,3,14H2,1-2H3,(H,22,24). The second-order valence-electron chi connectivity index (χ2n) is 5.77. The molecule has 1 amide bonds. The summed E-state index contributed by atoms with van der Waals surface area (Å²) in [5, 5.41) is 7.21. The first-order valence-electron chi connectivity index (χ1n) is 8.27. The molecule has 0 aliphatic heterocycles. The molecular weight excluding hydrogens is 314 g/mol. The molecule has 25 heavy (non-hydrogen) atoms. The van der Waals surface area contributed by atoms with Crippen molar-refractivity contribution >= 4 is 11.7 Å². The fourth-order valence-electron chi connectivity index (χ4n) is 2.49. The van der Waals surface area contributed by atoms with Crippen LogP contribution >= 0.6 is 0 Å². The van der Waals surface area contributed by atoms with Crippen LogP contribution in [0.1, 0.15) is 28.4 Å². The Bertz CT molecular complexity index is 836. The Balaban J connectivity index is 1.69. The summed E-state index contributed by atoms with van der Waals surface area (Å²) in [7, 11) is 0. The number of nitrogens with one attached hydrogen (secondary N) is 1. The van der Waals surface area contributed by atoms with E-state index in [4.69, 9.17) is 4.74 Å². The third kappa shape index (κ3) is 4.26. The minimum absolute atomic E-state index is 0.172. The van der Waals surface area contributed by atoms with E-state index >= 15 is 0 Å². The highest BCUT2D eigenvalue weighted by atomic mass is 16.5. The number of carbonyl (C=O) groups excluding carboxylic acids is 1. The number of aromatic nitrogens is 2. The van der Waals surface area contributed by atoms with E-state index in [2.05, 4.69) is 41.6 Å². The van der Waals surface area contributed by atoms with Gasteiger partial charge in [-0.25, -0.2) is 4.68 Å². The molecule has 0 aliphatic rings. The summed E-state index contributed by atoms with van der Waals surface area (Å²) in [5.41, 5.74) is 2.92. The fraction of sp³-hybridized carbons (Fsp3) is 0.200. The van der Waals surface area contributed by atoms with Gasteiger partial charge >= 0.3 is 0 Å². The van der Waals surface area contributed by atoms with E-state index in [-0.39, 0.29) is 5.91 Å². The van der Waals surface area contributed by atoms with Crippen LogP contribution < -0.4 is 10.1 Å². The number of nitrogens with zero attached hydrogens (tertiary/aromatic N) is 2. The summed E-state index contributed by atoms with van der Waals surface area (Å²) in [5.74, 6) is 1.25. The van der Waals surface area contributed by atoms with Crippen LogP contribution in [-0.4, -0.2) is 22.3 Å². The van der Waals surface area contributed by atoms with E-state index in [1.807, 2.05) is 6.92 Å². The van der Waals surface area contributed by atoms with Gasteiger partial charge in [-0.05, 0) is 43.7 Å². The van der Waals surface area contributed by atoms with Crippen molar-refractivity contribution in [3.8, 4) is 5.75 Å². The Morgan fingerprint density at radius 2 is 1.80 bits per heavy atom. The molecule has 0 fully saturated rings. The van der Waals surface area contributed by atoms with Crippen molar-refractivity contribution in [2.24, 2.45) is 0 Å². The van der Waals surface area contributed by atoms with Crippen LogP contribution in [0.5, 0.6) is 5.75 Å². The Hall–Kier alpha value is -3.08. The van der Waals surface area contributed by atoms with Crippen LogP contribution in [0.25, 0.3) is 0 Å². The van der Waals surface area contributed by atoms with Gasteiger partial charge in [-0.15, -0.1) is 0 Å². The van der Waals surface area contributed by atoms with Gasteiger partial charge in [0, 0.05) is 11.6 Å². The van der Waals surface area contributed by atoms with Gasteiger partial charge in [0.15, 0.2) is 0 Å². The lowest BCUT2D eigenvalue weighted by Crippen LogP contribution is -2.16. The third-order valence-electron chi connectivity index (χ3n) is 3.84. The number of aryl methyl sites for hydroxylation is 1. The summed E-state index contributed by atoms with van der Waals surface area (Å²) in [6, 6.07) is 17.1. The lowest BCUT2D eigenvalue weighted by Gasteiger charge is -2.10. The first-order chi connectivity index (χ1) is 12.2. The molecule has 0 unspecified atom stereocenters. The molecule has 0 radical (unpaired) electrons. The van der Waals surface area contributed by atoms with Crippen LogP contribution in [0.15, 0.2) is 60.8 Å². The SMILES string of the molecule is CCOc1ccc(C(=O)Nc2ccnn2Cc2ccc(C)cc2)cc1. The van der Waals surface area contributed by atoms with Crippen LogP contribution in [0, 0.1) is 6.92 Å². The Kier molecular flexibility index (Phi) is 5.14. The molecule has 2 aromatic carbocycles.